The van der Waals surface area contributed by atoms with Crippen LogP contribution in [0.5, 0.6) is 0 Å². The van der Waals surface area contributed by atoms with E-state index < -0.39 is 0 Å². The Morgan fingerprint density at radius 1 is 1.55 bits per heavy atom. The molecule has 0 spiro atoms. The lowest BCUT2D eigenvalue weighted by Crippen LogP contribution is -2.15. The molecule has 0 N–H and O–H groups in total. The van der Waals surface area contributed by atoms with Crippen molar-refractivity contribution in [3.63, 3.8) is 0 Å². The summed E-state index contributed by atoms with van der Waals surface area (Å²) in [5.41, 5.74) is 0.208. The molecule has 3 nitrogen and oxygen atoms in total. The largest absolute Gasteiger partial charge is 0.294 e. The van der Waals surface area contributed by atoms with Gasteiger partial charge in [-0.05, 0) is 0 Å². The minimum absolute atomic E-state index is 0.132. The van der Waals surface area contributed by atoms with Crippen molar-refractivity contribution in [1.82, 2.24) is 0 Å². The lowest BCUT2D eigenvalue weighted by molar-refractivity contribution is -0.120. The third-order valence-electron chi connectivity index (χ3n) is 1.45. The Hall–Kier alpha value is -1.25. The smallest absolute Gasteiger partial charge is 0.209 e. The van der Waals surface area contributed by atoms with Gasteiger partial charge in [0.15, 0.2) is 5.78 Å². The van der Waals surface area contributed by atoms with Crippen LogP contribution in [0.1, 0.15) is 13.8 Å². The van der Waals surface area contributed by atoms with Gasteiger partial charge in [-0.3, -0.25) is 14.6 Å². The molecule has 11 heavy (non-hydrogen) atoms. The first-order valence-electron chi connectivity index (χ1n) is 3.45. The number of nitrogens with zero attached hydrogens (tertiary/aromatic N) is 1. The first-order chi connectivity index (χ1) is 5.13. The summed E-state index contributed by atoms with van der Waals surface area (Å²) in [7, 11) is 0. The SMILES string of the molecule is CC(C)C(=O)C1=CN=CC1=O. The highest BCUT2D eigenvalue weighted by Crippen LogP contribution is 2.09. The third kappa shape index (κ3) is 1.42. The molecule has 0 amide bonds. The Morgan fingerprint density at radius 3 is 2.55 bits per heavy atom. The van der Waals surface area contributed by atoms with Gasteiger partial charge in [-0.2, -0.15) is 0 Å². The Kier molecular flexibility index (Phi) is 1.98. The zero-order valence-corrected chi connectivity index (χ0v) is 6.50. The number of hydrogen-bond acceptors (Lipinski definition) is 3. The van der Waals surface area contributed by atoms with Crippen molar-refractivity contribution in [2.24, 2.45) is 10.9 Å². The molecule has 0 aromatic carbocycles. The van der Waals surface area contributed by atoms with Gasteiger partial charge in [-0.1, -0.05) is 13.8 Å². The van der Waals surface area contributed by atoms with Gasteiger partial charge in [-0.25, -0.2) is 0 Å². The number of Topliss-reactive ketones (excluding diaryl/α,β-unsaturated/α-hetero) is 2. The summed E-state index contributed by atoms with van der Waals surface area (Å²) in [6.45, 7) is 3.52. The molecule has 0 aliphatic carbocycles. The van der Waals surface area contributed by atoms with Gasteiger partial charge in [0, 0.05) is 12.1 Å². The van der Waals surface area contributed by atoms with Crippen LogP contribution in [0.25, 0.3) is 0 Å². The highest BCUT2D eigenvalue weighted by atomic mass is 16.1. The van der Waals surface area contributed by atoms with Gasteiger partial charge in [-0.15, -0.1) is 0 Å². The summed E-state index contributed by atoms with van der Waals surface area (Å²) in [5, 5.41) is 0. The second kappa shape index (κ2) is 2.78. The van der Waals surface area contributed by atoms with E-state index in [2.05, 4.69) is 4.99 Å². The Labute approximate surface area is 64.8 Å². The van der Waals surface area contributed by atoms with Crippen molar-refractivity contribution >= 4 is 17.8 Å². The third-order valence-corrected chi connectivity index (χ3v) is 1.45. The zero-order valence-electron chi connectivity index (χ0n) is 6.50. The molecule has 0 fully saturated rings. The fourth-order valence-electron chi connectivity index (χ4n) is 0.809. The first-order valence-corrected chi connectivity index (χ1v) is 3.45. The molecule has 0 aromatic rings. The summed E-state index contributed by atoms with van der Waals surface area (Å²) in [4.78, 5) is 25.7. The van der Waals surface area contributed by atoms with E-state index >= 15 is 0 Å². The highest BCUT2D eigenvalue weighted by Gasteiger charge is 2.21. The van der Waals surface area contributed by atoms with Crippen molar-refractivity contribution in [3.8, 4) is 0 Å². The second-order valence-corrected chi connectivity index (χ2v) is 2.70. The van der Waals surface area contributed by atoms with Gasteiger partial charge < -0.3 is 0 Å². The molecule has 1 heterocycles. The molecule has 0 unspecified atom stereocenters. The molecule has 58 valence electrons. The average Bonchev–Trinajstić information content (AvgIpc) is 2.33. The van der Waals surface area contributed by atoms with Gasteiger partial charge in [0.25, 0.3) is 0 Å². The number of ketones is 2. The molecule has 1 rings (SSSR count). The minimum atomic E-state index is -0.274. The molecular weight excluding hydrogens is 142 g/mol. The highest BCUT2D eigenvalue weighted by molar-refractivity contribution is 6.45. The fourth-order valence-corrected chi connectivity index (χ4v) is 0.809. The standard InChI is InChI=1S/C8H9NO2/c1-5(2)8(11)6-3-9-4-7(6)10/h3-5H,1-2H3. The van der Waals surface area contributed by atoms with E-state index in [1.165, 1.54) is 6.20 Å². The molecular formula is C8H9NO2. The molecule has 0 bridgehead atoms. The minimum Gasteiger partial charge on any atom is -0.294 e. The van der Waals surface area contributed by atoms with Crippen LogP contribution in [0, 0.1) is 5.92 Å². The molecule has 0 saturated carbocycles. The van der Waals surface area contributed by atoms with Crippen LogP contribution < -0.4 is 0 Å². The van der Waals surface area contributed by atoms with Gasteiger partial charge in [0.2, 0.25) is 5.78 Å². The molecule has 1 aliphatic rings. The summed E-state index contributed by atoms with van der Waals surface area (Å²) in [6.07, 6.45) is 2.49. The Balaban J connectivity index is 2.79. The van der Waals surface area contributed by atoms with E-state index in [1.807, 2.05) is 0 Å². The number of carbonyl (C=O) groups excluding carboxylic acids is 2. The van der Waals surface area contributed by atoms with Crippen molar-refractivity contribution in [3.05, 3.63) is 11.8 Å². The van der Waals surface area contributed by atoms with E-state index in [-0.39, 0.29) is 23.1 Å². The van der Waals surface area contributed by atoms with Crippen LogP contribution in [-0.4, -0.2) is 17.8 Å². The number of rotatable bonds is 2. The van der Waals surface area contributed by atoms with Crippen LogP contribution >= 0.6 is 0 Å². The van der Waals surface area contributed by atoms with Crippen molar-refractivity contribution in [2.75, 3.05) is 0 Å². The normalized spacial score (nSPS) is 15.9. The zero-order chi connectivity index (χ0) is 8.43. The number of hydrogen-bond donors (Lipinski definition) is 0. The predicted molar refractivity (Wildman–Crippen MR) is 41.4 cm³/mol. The van der Waals surface area contributed by atoms with Gasteiger partial charge in [0.1, 0.15) is 0 Å². The monoisotopic (exact) mass is 151 g/mol. The van der Waals surface area contributed by atoms with Crippen LogP contribution in [0.15, 0.2) is 16.8 Å². The van der Waals surface area contributed by atoms with Crippen LogP contribution in [-0.2, 0) is 9.59 Å². The van der Waals surface area contributed by atoms with Crippen LogP contribution in [0.4, 0.5) is 0 Å². The molecule has 0 atom stereocenters. The second-order valence-electron chi connectivity index (χ2n) is 2.70. The van der Waals surface area contributed by atoms with Gasteiger partial charge in [0.05, 0.1) is 11.8 Å². The molecule has 3 heteroatoms. The van der Waals surface area contributed by atoms with E-state index in [0.717, 1.165) is 6.21 Å². The number of carbonyl (C=O) groups is 2. The molecule has 0 saturated heterocycles. The summed E-state index contributed by atoms with van der Waals surface area (Å²) >= 11 is 0. The summed E-state index contributed by atoms with van der Waals surface area (Å²) < 4.78 is 0. The van der Waals surface area contributed by atoms with Crippen LogP contribution in [0.2, 0.25) is 0 Å². The van der Waals surface area contributed by atoms with E-state index in [9.17, 15) is 9.59 Å². The first kappa shape index (κ1) is 7.85. The molecule has 1 aliphatic heterocycles. The topological polar surface area (TPSA) is 46.5 Å². The lowest BCUT2D eigenvalue weighted by Gasteiger charge is -2.00. The summed E-state index contributed by atoms with van der Waals surface area (Å²) in [6, 6.07) is 0. The maximum Gasteiger partial charge on any atom is 0.209 e. The van der Waals surface area contributed by atoms with E-state index in [4.69, 9.17) is 0 Å². The van der Waals surface area contributed by atoms with Crippen LogP contribution in [0.3, 0.4) is 0 Å². The van der Waals surface area contributed by atoms with Crippen molar-refractivity contribution in [2.45, 2.75) is 13.8 Å². The average molecular weight is 151 g/mol. The fraction of sp³-hybridized carbons (Fsp3) is 0.375. The molecule has 0 radical (unpaired) electrons. The van der Waals surface area contributed by atoms with E-state index in [1.54, 1.807) is 13.8 Å². The van der Waals surface area contributed by atoms with Crippen molar-refractivity contribution < 1.29 is 9.59 Å². The Morgan fingerprint density at radius 2 is 2.18 bits per heavy atom. The number of aliphatic imine (C=N–C) groups is 1. The lowest BCUT2D eigenvalue weighted by atomic mass is 10.0. The maximum absolute atomic E-state index is 11.2. The number of allylic oxidation sites excluding steroid dienone is 1. The van der Waals surface area contributed by atoms with E-state index in [0.29, 0.717) is 0 Å². The Bertz CT molecular complexity index is 261. The maximum atomic E-state index is 11.2. The summed E-state index contributed by atoms with van der Waals surface area (Å²) in [5.74, 6) is -0.539. The van der Waals surface area contributed by atoms with Crippen molar-refractivity contribution in [1.29, 1.82) is 0 Å². The van der Waals surface area contributed by atoms with Gasteiger partial charge >= 0.3 is 0 Å². The molecule has 0 aromatic heterocycles. The predicted octanol–water partition coefficient (Wildman–Crippen LogP) is 0.749. The quantitative estimate of drug-likeness (QED) is 0.546.